The zero-order valence-electron chi connectivity index (χ0n) is 16.8. The van der Waals surface area contributed by atoms with Crippen LogP contribution >= 0.6 is 0 Å². The van der Waals surface area contributed by atoms with Crippen molar-refractivity contribution in [3.05, 3.63) is 71.5 Å². The maximum Gasteiger partial charge on any atom is 0.419 e. The third-order valence-electron chi connectivity index (χ3n) is 4.94. The molecule has 162 valence electrons. The molecule has 1 amide bonds. The van der Waals surface area contributed by atoms with E-state index in [-0.39, 0.29) is 24.0 Å². The number of nitrogens with zero attached hydrogens (tertiary/aromatic N) is 3. The number of hydrogen-bond donors (Lipinski definition) is 1. The lowest BCUT2D eigenvalue weighted by atomic mass is 10.2. The van der Waals surface area contributed by atoms with Crippen molar-refractivity contribution in [3.63, 3.8) is 0 Å². The molecular weight excluding hydrogens is 409 g/mol. The van der Waals surface area contributed by atoms with Crippen LogP contribution in [0.3, 0.4) is 0 Å². The lowest BCUT2D eigenvalue weighted by molar-refractivity contribution is -0.139. The van der Waals surface area contributed by atoms with Gasteiger partial charge in [0, 0.05) is 5.92 Å². The van der Waals surface area contributed by atoms with E-state index in [0.29, 0.717) is 0 Å². The molecule has 9 heteroatoms. The summed E-state index contributed by atoms with van der Waals surface area (Å²) in [6.07, 6.45) is -2.61. The van der Waals surface area contributed by atoms with E-state index in [4.69, 9.17) is 4.74 Å². The van der Waals surface area contributed by atoms with Crippen molar-refractivity contribution >= 4 is 5.91 Å². The number of amides is 1. The first-order valence-corrected chi connectivity index (χ1v) is 9.95. The van der Waals surface area contributed by atoms with E-state index >= 15 is 0 Å². The van der Waals surface area contributed by atoms with Gasteiger partial charge in [-0.25, -0.2) is 4.68 Å². The first-order chi connectivity index (χ1) is 14.8. The fourth-order valence-electron chi connectivity index (χ4n) is 3.31. The molecule has 3 aromatic rings. The van der Waals surface area contributed by atoms with Gasteiger partial charge in [-0.05, 0) is 44.0 Å². The van der Waals surface area contributed by atoms with Crippen LogP contribution in [-0.4, -0.2) is 33.5 Å². The second-order valence-electron chi connectivity index (χ2n) is 7.52. The Morgan fingerprint density at radius 1 is 1.16 bits per heavy atom. The monoisotopic (exact) mass is 430 g/mol. The first kappa shape index (κ1) is 20.9. The summed E-state index contributed by atoms with van der Waals surface area (Å²) in [5.41, 5.74) is 0.944. The van der Waals surface area contributed by atoms with Gasteiger partial charge < -0.3 is 10.1 Å². The van der Waals surface area contributed by atoms with Crippen LogP contribution in [0.5, 0.6) is 5.75 Å². The molecule has 0 aliphatic heterocycles. The average molecular weight is 430 g/mol. The van der Waals surface area contributed by atoms with Gasteiger partial charge in [0.1, 0.15) is 12.4 Å². The van der Waals surface area contributed by atoms with Crippen LogP contribution in [0.25, 0.3) is 5.69 Å². The number of halogens is 3. The minimum absolute atomic E-state index is 0.121. The highest BCUT2D eigenvalue weighted by Crippen LogP contribution is 2.42. The van der Waals surface area contributed by atoms with Crippen LogP contribution in [0.1, 0.15) is 47.4 Å². The Bertz CT molecular complexity index is 1060. The molecule has 1 saturated carbocycles. The molecule has 2 aromatic carbocycles. The Hall–Kier alpha value is -3.36. The van der Waals surface area contributed by atoms with Crippen molar-refractivity contribution in [2.24, 2.45) is 0 Å². The van der Waals surface area contributed by atoms with Gasteiger partial charge in [-0.3, -0.25) is 4.79 Å². The normalized spacial score (nSPS) is 14.8. The van der Waals surface area contributed by atoms with Gasteiger partial charge in [0.2, 0.25) is 0 Å². The number of para-hydroxylation sites is 2. The third kappa shape index (κ3) is 4.70. The van der Waals surface area contributed by atoms with Gasteiger partial charge in [-0.15, -0.1) is 5.10 Å². The Balaban J connectivity index is 1.45. The van der Waals surface area contributed by atoms with Crippen molar-refractivity contribution in [1.29, 1.82) is 0 Å². The Labute approximate surface area is 177 Å². The molecule has 6 nitrogen and oxygen atoms in total. The number of carbonyl (C=O) groups excluding carboxylic acids is 1. The smallest absolute Gasteiger partial charge is 0.419 e. The zero-order valence-corrected chi connectivity index (χ0v) is 16.8. The maximum absolute atomic E-state index is 13.1. The largest absolute Gasteiger partial charge is 0.491 e. The van der Waals surface area contributed by atoms with Crippen molar-refractivity contribution in [2.75, 3.05) is 6.61 Å². The molecule has 1 N–H and O–H groups in total. The van der Waals surface area contributed by atoms with Crippen LogP contribution in [0.15, 0.2) is 54.6 Å². The molecule has 1 atom stereocenters. The standard InChI is InChI=1S/C22H21F3N4O2/c1-14(13-31-18-10-6-5-9-17(18)22(23,24)25)26-21(30)19-20(15-11-12-15)29(28-27-19)16-7-3-2-4-8-16/h2-10,14-15H,11-13H2,1H3,(H,26,30). The molecule has 0 saturated heterocycles. The zero-order chi connectivity index (χ0) is 22.0. The summed E-state index contributed by atoms with van der Waals surface area (Å²) in [5, 5.41) is 11.0. The minimum Gasteiger partial charge on any atom is -0.491 e. The number of benzene rings is 2. The molecule has 1 aliphatic rings. The number of ether oxygens (including phenoxy) is 1. The number of hydrogen-bond acceptors (Lipinski definition) is 4. The van der Waals surface area contributed by atoms with Crippen molar-refractivity contribution < 1.29 is 22.7 Å². The van der Waals surface area contributed by atoms with Crippen LogP contribution < -0.4 is 10.1 Å². The highest BCUT2D eigenvalue weighted by molar-refractivity contribution is 5.93. The number of rotatable bonds is 7. The summed E-state index contributed by atoms with van der Waals surface area (Å²) in [6.45, 7) is 1.54. The van der Waals surface area contributed by atoms with E-state index in [1.165, 1.54) is 18.2 Å². The summed E-state index contributed by atoms with van der Waals surface area (Å²) in [7, 11) is 0. The molecule has 0 spiro atoms. The molecule has 1 unspecified atom stereocenters. The minimum atomic E-state index is -4.52. The predicted octanol–water partition coefficient (Wildman–Crippen LogP) is 4.36. The Morgan fingerprint density at radius 3 is 2.52 bits per heavy atom. The van der Waals surface area contributed by atoms with Crippen LogP contribution in [0, 0.1) is 0 Å². The molecule has 0 radical (unpaired) electrons. The highest BCUT2D eigenvalue weighted by atomic mass is 19.4. The average Bonchev–Trinajstić information content (AvgIpc) is 3.49. The summed E-state index contributed by atoms with van der Waals surface area (Å²) >= 11 is 0. The van der Waals surface area contributed by atoms with E-state index in [2.05, 4.69) is 15.6 Å². The summed E-state index contributed by atoms with van der Waals surface area (Å²) in [5.74, 6) is -0.491. The lowest BCUT2D eigenvalue weighted by Gasteiger charge is -2.17. The van der Waals surface area contributed by atoms with Crippen LogP contribution in [0.4, 0.5) is 13.2 Å². The van der Waals surface area contributed by atoms with Crippen molar-refractivity contribution in [3.8, 4) is 11.4 Å². The molecule has 1 aromatic heterocycles. The number of carbonyl (C=O) groups is 1. The Kier molecular flexibility index (Phi) is 5.67. The quantitative estimate of drug-likeness (QED) is 0.605. The van der Waals surface area contributed by atoms with E-state index < -0.39 is 23.7 Å². The van der Waals surface area contributed by atoms with Crippen LogP contribution in [0.2, 0.25) is 0 Å². The van der Waals surface area contributed by atoms with E-state index in [1.807, 2.05) is 30.3 Å². The molecule has 1 aliphatic carbocycles. The molecule has 4 rings (SSSR count). The van der Waals surface area contributed by atoms with Crippen molar-refractivity contribution in [2.45, 2.75) is 37.9 Å². The second kappa shape index (κ2) is 8.41. The summed E-state index contributed by atoms with van der Waals surface area (Å²) < 4.78 is 46.3. The predicted molar refractivity (Wildman–Crippen MR) is 107 cm³/mol. The molecule has 31 heavy (non-hydrogen) atoms. The van der Waals surface area contributed by atoms with Crippen molar-refractivity contribution in [1.82, 2.24) is 20.3 Å². The lowest BCUT2D eigenvalue weighted by Crippen LogP contribution is -2.37. The first-order valence-electron chi connectivity index (χ1n) is 9.95. The molecule has 1 fully saturated rings. The van der Waals surface area contributed by atoms with Gasteiger partial charge >= 0.3 is 6.18 Å². The van der Waals surface area contributed by atoms with Gasteiger partial charge in [0.15, 0.2) is 5.69 Å². The number of alkyl halides is 3. The fourth-order valence-corrected chi connectivity index (χ4v) is 3.31. The molecule has 0 bridgehead atoms. The molecule has 1 heterocycles. The van der Waals surface area contributed by atoms with Gasteiger partial charge in [0.05, 0.1) is 23.0 Å². The fraction of sp³-hybridized carbons (Fsp3) is 0.318. The number of aromatic nitrogens is 3. The van der Waals surface area contributed by atoms with Gasteiger partial charge in [-0.1, -0.05) is 35.5 Å². The second-order valence-corrected chi connectivity index (χ2v) is 7.52. The summed E-state index contributed by atoms with van der Waals surface area (Å²) in [4.78, 5) is 12.8. The van der Waals surface area contributed by atoms with E-state index in [9.17, 15) is 18.0 Å². The van der Waals surface area contributed by atoms with E-state index in [0.717, 1.165) is 30.3 Å². The highest BCUT2D eigenvalue weighted by Gasteiger charge is 2.35. The molecular formula is C22H21F3N4O2. The Morgan fingerprint density at radius 2 is 1.84 bits per heavy atom. The SMILES string of the molecule is CC(COc1ccccc1C(F)(F)F)NC(=O)c1nnn(-c2ccccc2)c1C1CC1. The number of nitrogens with one attached hydrogen (secondary N) is 1. The van der Waals surface area contributed by atoms with Crippen LogP contribution in [-0.2, 0) is 6.18 Å². The third-order valence-corrected chi connectivity index (χ3v) is 4.94. The summed E-state index contributed by atoms with van der Waals surface area (Å²) in [6, 6.07) is 13.9. The van der Waals surface area contributed by atoms with Gasteiger partial charge in [0.25, 0.3) is 5.91 Å². The van der Waals surface area contributed by atoms with Gasteiger partial charge in [-0.2, -0.15) is 13.2 Å². The topological polar surface area (TPSA) is 69.0 Å². The van der Waals surface area contributed by atoms with E-state index in [1.54, 1.807) is 11.6 Å². The maximum atomic E-state index is 13.1.